The molecule has 2 N–H and O–H groups in total. The molecule has 1 aliphatic rings. The summed E-state index contributed by atoms with van der Waals surface area (Å²) in [5.74, 6) is -0.525. The van der Waals surface area contributed by atoms with Gasteiger partial charge in [-0.3, -0.25) is 9.59 Å². The zero-order valence-electron chi connectivity index (χ0n) is 12.1. The van der Waals surface area contributed by atoms with Crippen molar-refractivity contribution in [2.24, 2.45) is 5.92 Å². The number of carbonyl (C=O) groups excluding carboxylic acids is 2. The van der Waals surface area contributed by atoms with E-state index < -0.39 is 5.97 Å². The molecule has 0 bridgehead atoms. The van der Waals surface area contributed by atoms with Crippen LogP contribution in [0.25, 0.3) is 0 Å². The quantitative estimate of drug-likeness (QED) is 0.763. The average Bonchev–Trinajstić information content (AvgIpc) is 2.42. The molecular formula is C13H23N3O4. The van der Waals surface area contributed by atoms with E-state index in [0.717, 1.165) is 12.8 Å². The molecule has 1 aliphatic heterocycles. The second kappa shape index (κ2) is 7.72. The van der Waals surface area contributed by atoms with Crippen molar-refractivity contribution in [1.82, 2.24) is 15.1 Å². The summed E-state index contributed by atoms with van der Waals surface area (Å²) in [5, 5.41) is 11.4. The Labute approximate surface area is 118 Å². The average molecular weight is 285 g/mol. The standard InChI is InChI=1S/C13H23N3O4/c1-10(17)14-9-11-3-7-16(8-4-11)13(20)15(2)6-5-12(18)19/h11H,3-9H2,1-2H3,(H,14,17)(H,18,19). The summed E-state index contributed by atoms with van der Waals surface area (Å²) in [7, 11) is 1.62. The van der Waals surface area contributed by atoms with E-state index in [-0.39, 0.29) is 24.9 Å². The lowest BCUT2D eigenvalue weighted by Crippen LogP contribution is -2.46. The second-order valence-corrected chi connectivity index (χ2v) is 5.22. The van der Waals surface area contributed by atoms with Gasteiger partial charge in [-0.05, 0) is 18.8 Å². The van der Waals surface area contributed by atoms with E-state index >= 15 is 0 Å². The molecule has 20 heavy (non-hydrogen) atoms. The van der Waals surface area contributed by atoms with Crippen LogP contribution in [0.4, 0.5) is 4.79 Å². The van der Waals surface area contributed by atoms with Crippen molar-refractivity contribution < 1.29 is 19.5 Å². The summed E-state index contributed by atoms with van der Waals surface area (Å²) in [4.78, 5) is 36.6. The third kappa shape index (κ3) is 5.46. The molecule has 0 aromatic heterocycles. The SMILES string of the molecule is CC(=O)NCC1CCN(C(=O)N(C)CCC(=O)O)CC1. The molecule has 0 spiro atoms. The molecular weight excluding hydrogens is 262 g/mol. The van der Waals surface area contributed by atoms with Crippen LogP contribution in [-0.4, -0.2) is 66.0 Å². The molecule has 0 radical (unpaired) electrons. The third-order valence-corrected chi connectivity index (χ3v) is 3.51. The van der Waals surface area contributed by atoms with Crippen LogP contribution in [0.2, 0.25) is 0 Å². The van der Waals surface area contributed by atoms with E-state index in [1.165, 1.54) is 11.8 Å². The zero-order chi connectivity index (χ0) is 15.1. The molecule has 7 nitrogen and oxygen atoms in total. The summed E-state index contributed by atoms with van der Waals surface area (Å²) in [6, 6.07) is -0.121. The number of carboxylic acids is 1. The van der Waals surface area contributed by atoms with Gasteiger partial charge in [-0.25, -0.2) is 4.79 Å². The number of nitrogens with one attached hydrogen (secondary N) is 1. The molecule has 3 amide bonds. The van der Waals surface area contributed by atoms with Gasteiger partial charge in [0.1, 0.15) is 0 Å². The van der Waals surface area contributed by atoms with Crippen molar-refractivity contribution in [3.05, 3.63) is 0 Å². The van der Waals surface area contributed by atoms with Gasteiger partial charge in [-0.15, -0.1) is 0 Å². The van der Waals surface area contributed by atoms with Crippen LogP contribution in [0.3, 0.4) is 0 Å². The fourth-order valence-corrected chi connectivity index (χ4v) is 2.22. The minimum Gasteiger partial charge on any atom is -0.481 e. The molecule has 0 aromatic rings. The summed E-state index contributed by atoms with van der Waals surface area (Å²) in [6.07, 6.45) is 1.68. The van der Waals surface area contributed by atoms with Crippen molar-refractivity contribution >= 4 is 17.9 Å². The van der Waals surface area contributed by atoms with Crippen LogP contribution < -0.4 is 5.32 Å². The van der Waals surface area contributed by atoms with Crippen LogP contribution >= 0.6 is 0 Å². The van der Waals surface area contributed by atoms with Crippen molar-refractivity contribution in [1.29, 1.82) is 0 Å². The van der Waals surface area contributed by atoms with Gasteiger partial charge in [-0.1, -0.05) is 0 Å². The second-order valence-electron chi connectivity index (χ2n) is 5.22. The van der Waals surface area contributed by atoms with E-state index in [0.29, 0.717) is 25.6 Å². The highest BCUT2D eigenvalue weighted by Gasteiger charge is 2.24. The Hall–Kier alpha value is -1.79. The molecule has 0 atom stereocenters. The molecule has 1 fully saturated rings. The number of urea groups is 1. The highest BCUT2D eigenvalue weighted by atomic mass is 16.4. The highest BCUT2D eigenvalue weighted by molar-refractivity contribution is 5.75. The fraction of sp³-hybridized carbons (Fsp3) is 0.769. The lowest BCUT2D eigenvalue weighted by Gasteiger charge is -2.34. The minimum absolute atomic E-state index is 0.0306. The van der Waals surface area contributed by atoms with Gasteiger partial charge in [0.25, 0.3) is 0 Å². The number of rotatable bonds is 5. The number of hydrogen-bond donors (Lipinski definition) is 2. The number of likely N-dealkylation sites (tertiary alicyclic amines) is 1. The first kappa shape index (κ1) is 16.3. The number of carboxylic acid groups (broad SMARTS) is 1. The predicted octanol–water partition coefficient (Wildman–Crippen LogP) is 0.361. The van der Waals surface area contributed by atoms with Gasteiger partial charge >= 0.3 is 12.0 Å². The number of amides is 3. The highest BCUT2D eigenvalue weighted by Crippen LogP contribution is 2.17. The van der Waals surface area contributed by atoms with Crippen molar-refractivity contribution in [2.75, 3.05) is 33.2 Å². The van der Waals surface area contributed by atoms with Gasteiger partial charge in [0.05, 0.1) is 6.42 Å². The first-order valence-corrected chi connectivity index (χ1v) is 6.86. The third-order valence-electron chi connectivity index (χ3n) is 3.51. The largest absolute Gasteiger partial charge is 0.481 e. The Morgan fingerprint density at radius 2 is 1.90 bits per heavy atom. The summed E-state index contributed by atoms with van der Waals surface area (Å²) in [6.45, 7) is 3.68. The Kier molecular flexibility index (Phi) is 6.27. The maximum absolute atomic E-state index is 12.1. The first-order valence-electron chi connectivity index (χ1n) is 6.86. The van der Waals surface area contributed by atoms with E-state index in [1.54, 1.807) is 11.9 Å². The lowest BCUT2D eigenvalue weighted by atomic mass is 9.97. The number of aliphatic carboxylic acids is 1. The van der Waals surface area contributed by atoms with Gasteiger partial charge in [0.15, 0.2) is 0 Å². The predicted molar refractivity (Wildman–Crippen MR) is 73.3 cm³/mol. The van der Waals surface area contributed by atoms with E-state index in [2.05, 4.69) is 5.32 Å². The normalized spacial score (nSPS) is 15.8. The zero-order valence-corrected chi connectivity index (χ0v) is 12.1. The molecule has 1 rings (SSSR count). The van der Waals surface area contributed by atoms with E-state index in [4.69, 9.17) is 5.11 Å². The number of carbonyl (C=O) groups is 3. The molecule has 114 valence electrons. The minimum atomic E-state index is -0.904. The molecule has 1 heterocycles. The monoisotopic (exact) mass is 285 g/mol. The van der Waals surface area contributed by atoms with Crippen LogP contribution in [0.5, 0.6) is 0 Å². The van der Waals surface area contributed by atoms with Gasteiger partial charge in [0.2, 0.25) is 5.91 Å². The Bertz CT molecular complexity index is 365. The molecule has 0 aromatic carbocycles. The van der Waals surface area contributed by atoms with Crippen molar-refractivity contribution in [3.8, 4) is 0 Å². The number of piperidine rings is 1. The summed E-state index contributed by atoms with van der Waals surface area (Å²) < 4.78 is 0. The van der Waals surface area contributed by atoms with E-state index in [9.17, 15) is 14.4 Å². The maximum Gasteiger partial charge on any atom is 0.319 e. The topological polar surface area (TPSA) is 90.0 Å². The van der Waals surface area contributed by atoms with Crippen LogP contribution in [0.1, 0.15) is 26.2 Å². The smallest absolute Gasteiger partial charge is 0.319 e. The van der Waals surface area contributed by atoms with Crippen molar-refractivity contribution in [2.45, 2.75) is 26.2 Å². The van der Waals surface area contributed by atoms with Gasteiger partial charge < -0.3 is 20.2 Å². The first-order chi connectivity index (χ1) is 9.40. The molecule has 0 saturated carbocycles. The molecule has 0 unspecified atom stereocenters. The van der Waals surface area contributed by atoms with Gasteiger partial charge in [0, 0.05) is 40.2 Å². The Morgan fingerprint density at radius 1 is 1.30 bits per heavy atom. The van der Waals surface area contributed by atoms with Crippen LogP contribution in [-0.2, 0) is 9.59 Å². The summed E-state index contributed by atoms with van der Waals surface area (Å²) >= 11 is 0. The van der Waals surface area contributed by atoms with Crippen LogP contribution in [0.15, 0.2) is 0 Å². The fourth-order valence-electron chi connectivity index (χ4n) is 2.22. The summed E-state index contributed by atoms with van der Waals surface area (Å²) in [5.41, 5.74) is 0. The molecule has 7 heteroatoms. The van der Waals surface area contributed by atoms with Crippen molar-refractivity contribution in [3.63, 3.8) is 0 Å². The van der Waals surface area contributed by atoms with Crippen LogP contribution in [0, 0.1) is 5.92 Å². The van der Waals surface area contributed by atoms with E-state index in [1.807, 2.05) is 0 Å². The Morgan fingerprint density at radius 3 is 2.40 bits per heavy atom. The molecule has 0 aliphatic carbocycles. The number of hydrogen-bond acceptors (Lipinski definition) is 3. The lowest BCUT2D eigenvalue weighted by molar-refractivity contribution is -0.137. The van der Waals surface area contributed by atoms with Gasteiger partial charge in [-0.2, -0.15) is 0 Å². The Balaban J connectivity index is 2.31. The maximum atomic E-state index is 12.1. The molecule has 1 saturated heterocycles. The number of nitrogens with zero attached hydrogens (tertiary/aromatic N) is 2.